The maximum atomic E-state index is 6.32. The first-order valence-corrected chi connectivity index (χ1v) is 9.32. The van der Waals surface area contributed by atoms with Gasteiger partial charge in [0.15, 0.2) is 0 Å². The van der Waals surface area contributed by atoms with Crippen LogP contribution in [-0.2, 0) is 13.0 Å². The summed E-state index contributed by atoms with van der Waals surface area (Å²) in [7, 11) is 0. The fourth-order valence-electron chi connectivity index (χ4n) is 3.22. The summed E-state index contributed by atoms with van der Waals surface area (Å²) in [6.07, 6.45) is 0.985. The van der Waals surface area contributed by atoms with Crippen molar-refractivity contribution in [2.75, 3.05) is 11.4 Å². The summed E-state index contributed by atoms with van der Waals surface area (Å²) in [5, 5.41) is 4.67. The van der Waals surface area contributed by atoms with E-state index in [1.807, 2.05) is 32.0 Å². The number of fused-ring (bicyclic) bond motifs is 1. The minimum atomic E-state index is 0.0541. The van der Waals surface area contributed by atoms with Crippen LogP contribution in [0.15, 0.2) is 40.9 Å². The van der Waals surface area contributed by atoms with E-state index < -0.39 is 0 Å². The highest BCUT2D eigenvalue weighted by atomic mass is 35.5. The van der Waals surface area contributed by atoms with Crippen LogP contribution in [0.1, 0.15) is 25.0 Å². The molecule has 0 unspecified atom stereocenters. The van der Waals surface area contributed by atoms with Crippen molar-refractivity contribution in [1.82, 2.24) is 10.1 Å². The van der Waals surface area contributed by atoms with Crippen LogP contribution in [0.3, 0.4) is 0 Å². The van der Waals surface area contributed by atoms with Gasteiger partial charge in [-0.3, -0.25) is 0 Å². The summed E-state index contributed by atoms with van der Waals surface area (Å²) in [6, 6.07) is 11.7. The Morgan fingerprint density at radius 3 is 2.85 bits per heavy atom. The van der Waals surface area contributed by atoms with Crippen LogP contribution in [0.25, 0.3) is 11.5 Å². The molecular formula is C20H21ClN4O2. The molecule has 2 aromatic carbocycles. The third-order valence-electron chi connectivity index (χ3n) is 4.47. The summed E-state index contributed by atoms with van der Waals surface area (Å²) in [4.78, 5) is 6.62. The van der Waals surface area contributed by atoms with Crippen molar-refractivity contribution in [3.05, 3.63) is 52.5 Å². The van der Waals surface area contributed by atoms with Gasteiger partial charge in [-0.1, -0.05) is 23.7 Å². The fraction of sp³-hybridized carbons (Fsp3) is 0.300. The Balaban J connectivity index is 1.59. The van der Waals surface area contributed by atoms with E-state index in [9.17, 15) is 0 Å². The fourth-order valence-corrected chi connectivity index (χ4v) is 3.44. The highest BCUT2D eigenvalue weighted by Crippen LogP contribution is 2.35. The third-order valence-corrected chi connectivity index (χ3v) is 4.77. The molecule has 0 amide bonds. The minimum Gasteiger partial charge on any atom is -0.489 e. The molecular weight excluding hydrogens is 364 g/mol. The van der Waals surface area contributed by atoms with E-state index in [4.69, 9.17) is 26.6 Å². The molecule has 2 N–H and O–H groups in total. The number of benzene rings is 2. The molecule has 0 aliphatic carbocycles. The Morgan fingerprint density at radius 1 is 1.26 bits per heavy atom. The van der Waals surface area contributed by atoms with Crippen LogP contribution in [0.2, 0.25) is 5.02 Å². The van der Waals surface area contributed by atoms with Gasteiger partial charge in [-0.2, -0.15) is 4.98 Å². The number of nitrogens with two attached hydrogens (primary N) is 1. The first-order chi connectivity index (χ1) is 13.0. The van der Waals surface area contributed by atoms with Crippen molar-refractivity contribution >= 4 is 23.2 Å². The summed E-state index contributed by atoms with van der Waals surface area (Å²) in [5.41, 5.74) is 9.97. The van der Waals surface area contributed by atoms with Gasteiger partial charge in [-0.05, 0) is 60.8 Å². The lowest BCUT2D eigenvalue weighted by atomic mass is 10.1. The molecule has 1 aromatic heterocycles. The molecule has 6 nitrogen and oxygen atoms in total. The second-order valence-corrected chi connectivity index (χ2v) is 7.19. The van der Waals surface area contributed by atoms with Gasteiger partial charge in [0.2, 0.25) is 0 Å². The molecule has 0 spiro atoms. The summed E-state index contributed by atoms with van der Waals surface area (Å²) in [6.45, 7) is 5.26. The Kier molecular flexibility index (Phi) is 4.76. The number of ether oxygens (including phenoxy) is 1. The molecule has 140 valence electrons. The first kappa shape index (κ1) is 17.8. The number of nitrogens with zero attached hydrogens (tertiary/aromatic N) is 3. The van der Waals surface area contributed by atoms with Gasteiger partial charge >= 0.3 is 0 Å². The van der Waals surface area contributed by atoms with Gasteiger partial charge in [0.1, 0.15) is 5.75 Å². The number of hydrogen-bond donors (Lipinski definition) is 1. The molecule has 0 saturated heterocycles. The molecule has 0 fully saturated rings. The molecule has 3 aromatic rings. The van der Waals surface area contributed by atoms with Crippen molar-refractivity contribution in [3.63, 3.8) is 0 Å². The van der Waals surface area contributed by atoms with Crippen molar-refractivity contribution in [2.24, 2.45) is 5.73 Å². The minimum absolute atomic E-state index is 0.0541. The lowest BCUT2D eigenvalue weighted by Gasteiger charge is -2.14. The molecule has 1 aliphatic heterocycles. The van der Waals surface area contributed by atoms with E-state index in [0.717, 1.165) is 29.8 Å². The predicted octanol–water partition coefficient (Wildman–Crippen LogP) is 4.33. The SMILES string of the molecule is CC(C)Oc1ccc(-c2nc(N3CCc4cc(CN)ccc43)no2)cc1Cl. The zero-order valence-electron chi connectivity index (χ0n) is 15.3. The molecule has 2 heterocycles. The maximum absolute atomic E-state index is 6.32. The Hall–Kier alpha value is -2.57. The molecule has 0 atom stereocenters. The molecule has 0 radical (unpaired) electrons. The van der Waals surface area contributed by atoms with Crippen molar-refractivity contribution < 1.29 is 9.26 Å². The quantitative estimate of drug-likeness (QED) is 0.705. The van der Waals surface area contributed by atoms with E-state index in [1.54, 1.807) is 6.07 Å². The lowest BCUT2D eigenvalue weighted by molar-refractivity contribution is 0.242. The average Bonchev–Trinajstić information content (AvgIpc) is 3.29. The van der Waals surface area contributed by atoms with Crippen molar-refractivity contribution in [3.8, 4) is 17.2 Å². The van der Waals surface area contributed by atoms with Gasteiger partial charge in [-0.25, -0.2) is 0 Å². The lowest BCUT2D eigenvalue weighted by Crippen LogP contribution is -2.14. The van der Waals surface area contributed by atoms with E-state index >= 15 is 0 Å². The zero-order chi connectivity index (χ0) is 19.0. The Labute approximate surface area is 162 Å². The largest absolute Gasteiger partial charge is 0.489 e. The Bertz CT molecular complexity index is 970. The number of hydrogen-bond acceptors (Lipinski definition) is 6. The molecule has 4 rings (SSSR count). The average molecular weight is 385 g/mol. The maximum Gasteiger partial charge on any atom is 0.270 e. The van der Waals surface area contributed by atoms with Gasteiger partial charge in [0, 0.05) is 24.3 Å². The number of rotatable bonds is 5. The van der Waals surface area contributed by atoms with Crippen LogP contribution in [0.4, 0.5) is 11.6 Å². The van der Waals surface area contributed by atoms with Gasteiger partial charge in [0.05, 0.1) is 11.1 Å². The number of anilines is 2. The summed E-state index contributed by atoms with van der Waals surface area (Å²) >= 11 is 6.32. The zero-order valence-corrected chi connectivity index (χ0v) is 16.0. The van der Waals surface area contributed by atoms with E-state index in [1.165, 1.54) is 5.56 Å². The highest BCUT2D eigenvalue weighted by Gasteiger charge is 2.25. The topological polar surface area (TPSA) is 77.4 Å². The van der Waals surface area contributed by atoms with Crippen molar-refractivity contribution in [2.45, 2.75) is 32.9 Å². The molecule has 1 aliphatic rings. The molecule has 0 saturated carbocycles. The predicted molar refractivity (Wildman–Crippen MR) is 106 cm³/mol. The second kappa shape index (κ2) is 7.21. The molecule has 0 bridgehead atoms. The van der Waals surface area contributed by atoms with E-state index in [-0.39, 0.29) is 6.10 Å². The Morgan fingerprint density at radius 2 is 2.11 bits per heavy atom. The van der Waals surface area contributed by atoms with Crippen LogP contribution >= 0.6 is 11.6 Å². The summed E-state index contributed by atoms with van der Waals surface area (Å²) < 4.78 is 11.1. The normalized spacial score (nSPS) is 13.3. The molecule has 7 heteroatoms. The van der Waals surface area contributed by atoms with E-state index in [0.29, 0.717) is 29.2 Å². The second-order valence-electron chi connectivity index (χ2n) is 6.78. The smallest absolute Gasteiger partial charge is 0.270 e. The number of aromatic nitrogens is 2. The third kappa shape index (κ3) is 3.50. The van der Waals surface area contributed by atoms with Gasteiger partial charge < -0.3 is 19.9 Å². The van der Waals surface area contributed by atoms with Crippen LogP contribution in [0, 0.1) is 0 Å². The van der Waals surface area contributed by atoms with Crippen LogP contribution in [-0.4, -0.2) is 22.8 Å². The van der Waals surface area contributed by atoms with Gasteiger partial charge in [0.25, 0.3) is 11.8 Å². The van der Waals surface area contributed by atoms with Crippen LogP contribution < -0.4 is 15.4 Å². The van der Waals surface area contributed by atoms with E-state index in [2.05, 4.69) is 27.2 Å². The van der Waals surface area contributed by atoms with Crippen LogP contribution in [0.5, 0.6) is 5.75 Å². The highest BCUT2D eigenvalue weighted by molar-refractivity contribution is 6.32. The first-order valence-electron chi connectivity index (χ1n) is 8.95. The molecule has 27 heavy (non-hydrogen) atoms. The van der Waals surface area contributed by atoms with Gasteiger partial charge in [-0.15, -0.1) is 0 Å². The summed E-state index contributed by atoms with van der Waals surface area (Å²) in [5.74, 6) is 1.61. The van der Waals surface area contributed by atoms with Crippen molar-refractivity contribution in [1.29, 1.82) is 0 Å². The monoisotopic (exact) mass is 384 g/mol. The number of halogens is 1. The standard InChI is InChI=1S/C20H21ClN4O2/c1-12(2)26-18-6-4-15(10-16(18)21)19-23-20(24-27-19)25-8-7-14-9-13(11-22)3-5-17(14)25/h3-6,9-10,12H,7-8,11,22H2,1-2H3.